The summed E-state index contributed by atoms with van der Waals surface area (Å²) >= 11 is 1.35. The molecular weight excluding hydrogens is 434 g/mol. The number of nitrogens with one attached hydrogen (secondary N) is 1. The zero-order valence-corrected chi connectivity index (χ0v) is 18.7. The van der Waals surface area contributed by atoms with E-state index in [4.69, 9.17) is 9.47 Å². The number of carbonyl (C=O) groups is 1. The highest BCUT2D eigenvalue weighted by molar-refractivity contribution is 7.92. The van der Waals surface area contributed by atoms with Gasteiger partial charge in [0.2, 0.25) is 9.84 Å². The van der Waals surface area contributed by atoms with Gasteiger partial charge in [-0.25, -0.2) is 8.42 Å². The first-order valence-corrected chi connectivity index (χ1v) is 12.3. The van der Waals surface area contributed by atoms with Crippen LogP contribution in [0, 0.1) is 0 Å². The van der Waals surface area contributed by atoms with E-state index < -0.39 is 15.7 Å². The van der Waals surface area contributed by atoms with Crippen LogP contribution in [0.2, 0.25) is 0 Å². The molecule has 1 aliphatic carbocycles. The lowest BCUT2D eigenvalue weighted by Crippen LogP contribution is -2.21. The van der Waals surface area contributed by atoms with Crippen LogP contribution in [-0.4, -0.2) is 28.0 Å². The van der Waals surface area contributed by atoms with E-state index in [9.17, 15) is 13.2 Å². The number of fused-ring (bicyclic) bond motifs is 1. The maximum Gasteiger partial charge on any atom is 0.262 e. The fraction of sp³-hybridized carbons (Fsp3) is 0.261. The number of aryl methyl sites for hydroxylation is 1. The molecule has 162 valence electrons. The van der Waals surface area contributed by atoms with Gasteiger partial charge in [-0.1, -0.05) is 24.3 Å². The number of benzene rings is 2. The summed E-state index contributed by atoms with van der Waals surface area (Å²) in [5, 5.41) is 3.16. The van der Waals surface area contributed by atoms with E-state index in [1.54, 1.807) is 61.7 Å². The van der Waals surface area contributed by atoms with Gasteiger partial charge in [0.25, 0.3) is 5.91 Å². The number of amides is 1. The molecule has 0 fully saturated rings. The van der Waals surface area contributed by atoms with Crippen molar-refractivity contribution in [1.29, 1.82) is 0 Å². The Kier molecular flexibility index (Phi) is 6.29. The predicted octanol–water partition coefficient (Wildman–Crippen LogP) is 4.49. The predicted molar refractivity (Wildman–Crippen MR) is 120 cm³/mol. The maximum absolute atomic E-state index is 13.4. The Bertz CT molecular complexity index is 1190. The van der Waals surface area contributed by atoms with Crippen LogP contribution in [0.3, 0.4) is 0 Å². The third-order valence-corrected chi connectivity index (χ3v) is 8.33. The number of methoxy groups -OCH3 is 1. The summed E-state index contributed by atoms with van der Waals surface area (Å²) < 4.78 is 37.6. The van der Waals surface area contributed by atoms with Crippen molar-refractivity contribution >= 4 is 32.1 Å². The topological polar surface area (TPSA) is 81.7 Å². The molecule has 1 amide bonds. The van der Waals surface area contributed by atoms with Gasteiger partial charge in [0.15, 0.2) is 6.61 Å². The minimum atomic E-state index is -3.75. The monoisotopic (exact) mass is 457 g/mol. The first-order chi connectivity index (χ1) is 15.0. The summed E-state index contributed by atoms with van der Waals surface area (Å²) in [6.07, 6.45) is 3.48. The van der Waals surface area contributed by atoms with Crippen molar-refractivity contribution in [2.75, 3.05) is 19.0 Å². The van der Waals surface area contributed by atoms with Gasteiger partial charge < -0.3 is 14.8 Å². The molecule has 0 radical (unpaired) electrons. The molecule has 0 saturated heterocycles. The molecule has 0 bridgehead atoms. The Morgan fingerprint density at radius 1 is 1.03 bits per heavy atom. The van der Waals surface area contributed by atoms with Gasteiger partial charge in [-0.15, -0.1) is 11.3 Å². The summed E-state index contributed by atoms with van der Waals surface area (Å²) in [6.45, 7) is -0.236. The molecule has 3 aromatic rings. The lowest BCUT2D eigenvalue weighted by molar-refractivity contribution is -0.118. The van der Waals surface area contributed by atoms with Crippen molar-refractivity contribution in [2.45, 2.75) is 35.5 Å². The highest BCUT2D eigenvalue weighted by atomic mass is 32.2. The van der Waals surface area contributed by atoms with Crippen LogP contribution in [-0.2, 0) is 27.5 Å². The molecule has 0 spiro atoms. The zero-order chi connectivity index (χ0) is 21.8. The quantitative estimate of drug-likeness (QED) is 0.566. The SMILES string of the molecule is COc1cccc(OCC(=O)Nc2sc3c(c2S(=O)(=O)c2ccccc2)CCCC3)c1. The molecule has 6 nitrogen and oxygen atoms in total. The number of carbonyl (C=O) groups excluding carboxylic acids is 1. The average Bonchev–Trinajstić information content (AvgIpc) is 3.17. The average molecular weight is 458 g/mol. The summed E-state index contributed by atoms with van der Waals surface area (Å²) in [5.74, 6) is 0.711. The van der Waals surface area contributed by atoms with Crippen molar-refractivity contribution in [1.82, 2.24) is 0 Å². The minimum absolute atomic E-state index is 0.226. The van der Waals surface area contributed by atoms with E-state index in [2.05, 4.69) is 5.32 Å². The van der Waals surface area contributed by atoms with Gasteiger partial charge in [-0.3, -0.25) is 4.79 Å². The molecule has 4 rings (SSSR count). The number of thiophene rings is 1. The van der Waals surface area contributed by atoms with Crippen LogP contribution >= 0.6 is 11.3 Å². The summed E-state index contributed by atoms with van der Waals surface area (Å²) in [5.41, 5.74) is 0.837. The summed E-state index contributed by atoms with van der Waals surface area (Å²) in [4.78, 5) is 14.1. The van der Waals surface area contributed by atoms with E-state index in [1.807, 2.05) is 0 Å². The summed E-state index contributed by atoms with van der Waals surface area (Å²) in [6, 6.07) is 15.3. The van der Waals surface area contributed by atoms with Crippen molar-refractivity contribution in [3.05, 3.63) is 65.0 Å². The first kappa shape index (κ1) is 21.4. The Morgan fingerprint density at radius 2 is 1.77 bits per heavy atom. The Morgan fingerprint density at radius 3 is 2.55 bits per heavy atom. The highest BCUT2D eigenvalue weighted by Crippen LogP contribution is 2.43. The lowest BCUT2D eigenvalue weighted by atomic mass is 9.99. The van der Waals surface area contributed by atoms with Gasteiger partial charge in [0, 0.05) is 10.9 Å². The van der Waals surface area contributed by atoms with E-state index in [-0.39, 0.29) is 16.4 Å². The molecule has 1 aromatic heterocycles. The Labute approximate surface area is 185 Å². The van der Waals surface area contributed by atoms with Gasteiger partial charge >= 0.3 is 0 Å². The maximum atomic E-state index is 13.4. The van der Waals surface area contributed by atoms with Crippen LogP contribution in [0.25, 0.3) is 0 Å². The van der Waals surface area contributed by atoms with Gasteiger partial charge in [-0.2, -0.15) is 0 Å². The molecular formula is C23H23NO5S2. The molecule has 0 unspecified atom stereocenters. The Balaban J connectivity index is 1.59. The van der Waals surface area contributed by atoms with Crippen LogP contribution < -0.4 is 14.8 Å². The van der Waals surface area contributed by atoms with E-state index in [0.29, 0.717) is 22.9 Å². The minimum Gasteiger partial charge on any atom is -0.497 e. The Hall–Kier alpha value is -2.84. The molecule has 8 heteroatoms. The van der Waals surface area contributed by atoms with Gasteiger partial charge in [-0.05, 0) is 55.5 Å². The molecule has 0 atom stereocenters. The molecule has 0 saturated carbocycles. The number of anilines is 1. The van der Waals surface area contributed by atoms with Crippen LogP contribution in [0.15, 0.2) is 64.4 Å². The van der Waals surface area contributed by atoms with E-state index >= 15 is 0 Å². The molecule has 1 aliphatic rings. The molecule has 1 N–H and O–H groups in total. The van der Waals surface area contributed by atoms with Crippen LogP contribution in [0.1, 0.15) is 23.3 Å². The molecule has 2 aromatic carbocycles. The number of rotatable bonds is 7. The van der Waals surface area contributed by atoms with Gasteiger partial charge in [0.1, 0.15) is 21.4 Å². The number of ether oxygens (including phenoxy) is 2. The largest absolute Gasteiger partial charge is 0.497 e. The standard InChI is InChI=1S/C23H23NO5S2/c1-28-16-8-7-9-17(14-16)29-15-21(25)24-23-22(19-12-5-6-13-20(19)30-23)31(26,27)18-10-3-2-4-11-18/h2-4,7-11,14H,5-6,12-13,15H2,1H3,(H,24,25). The zero-order valence-electron chi connectivity index (χ0n) is 17.1. The molecule has 31 heavy (non-hydrogen) atoms. The first-order valence-electron chi connectivity index (χ1n) is 10.0. The van der Waals surface area contributed by atoms with Crippen molar-refractivity contribution in [3.63, 3.8) is 0 Å². The third kappa shape index (κ3) is 4.60. The number of sulfone groups is 1. The van der Waals surface area contributed by atoms with Crippen LogP contribution in [0.5, 0.6) is 11.5 Å². The van der Waals surface area contributed by atoms with Crippen LogP contribution in [0.4, 0.5) is 5.00 Å². The smallest absolute Gasteiger partial charge is 0.262 e. The second-order valence-electron chi connectivity index (χ2n) is 7.20. The van der Waals surface area contributed by atoms with Crippen molar-refractivity contribution < 1.29 is 22.7 Å². The second-order valence-corrected chi connectivity index (χ2v) is 10.2. The second kappa shape index (κ2) is 9.11. The molecule has 0 aliphatic heterocycles. The lowest BCUT2D eigenvalue weighted by Gasteiger charge is -2.14. The molecule has 1 heterocycles. The van der Waals surface area contributed by atoms with Gasteiger partial charge in [0.05, 0.1) is 12.0 Å². The highest BCUT2D eigenvalue weighted by Gasteiger charge is 2.31. The number of hydrogen-bond donors (Lipinski definition) is 1. The fourth-order valence-electron chi connectivity index (χ4n) is 3.62. The van der Waals surface area contributed by atoms with E-state index in [0.717, 1.165) is 29.7 Å². The van der Waals surface area contributed by atoms with E-state index in [1.165, 1.54) is 11.3 Å². The fourth-order valence-corrected chi connectivity index (χ4v) is 6.94. The van der Waals surface area contributed by atoms with Crippen molar-refractivity contribution in [2.24, 2.45) is 0 Å². The van der Waals surface area contributed by atoms with Crippen molar-refractivity contribution in [3.8, 4) is 11.5 Å². The summed E-state index contributed by atoms with van der Waals surface area (Å²) in [7, 11) is -2.20. The third-order valence-electron chi connectivity index (χ3n) is 5.11. The number of hydrogen-bond acceptors (Lipinski definition) is 6. The normalized spacial score (nSPS) is 13.3.